The van der Waals surface area contributed by atoms with E-state index < -0.39 is 0 Å². The standard InChI is InChI=1S/C13H15N3/c1-3-15-13-6-4-5-12(16-13)11-7-8-14-9-10(11)2/h4-9H,3H2,1-2H3,(H,15,16). The first-order valence-corrected chi connectivity index (χ1v) is 5.43. The molecular weight excluding hydrogens is 198 g/mol. The molecule has 0 saturated carbocycles. The molecule has 0 aliphatic carbocycles. The lowest BCUT2D eigenvalue weighted by molar-refractivity contribution is 1.16. The highest BCUT2D eigenvalue weighted by atomic mass is 15.0. The molecular formula is C13H15N3. The number of hydrogen-bond donors (Lipinski definition) is 1. The van der Waals surface area contributed by atoms with Crippen molar-refractivity contribution in [2.75, 3.05) is 11.9 Å². The fraction of sp³-hybridized carbons (Fsp3) is 0.231. The quantitative estimate of drug-likeness (QED) is 0.851. The fourth-order valence-corrected chi connectivity index (χ4v) is 1.63. The lowest BCUT2D eigenvalue weighted by atomic mass is 10.1. The first-order valence-electron chi connectivity index (χ1n) is 5.43. The minimum Gasteiger partial charge on any atom is -0.370 e. The van der Waals surface area contributed by atoms with Gasteiger partial charge in [0.1, 0.15) is 5.82 Å². The number of pyridine rings is 2. The Bertz CT molecular complexity index is 480. The van der Waals surface area contributed by atoms with Gasteiger partial charge in [0, 0.05) is 24.5 Å². The van der Waals surface area contributed by atoms with Crippen LogP contribution in [0.5, 0.6) is 0 Å². The van der Waals surface area contributed by atoms with Crippen molar-refractivity contribution in [2.45, 2.75) is 13.8 Å². The van der Waals surface area contributed by atoms with Crippen LogP contribution >= 0.6 is 0 Å². The van der Waals surface area contributed by atoms with Crippen molar-refractivity contribution in [2.24, 2.45) is 0 Å². The Morgan fingerprint density at radius 3 is 2.88 bits per heavy atom. The zero-order chi connectivity index (χ0) is 11.4. The van der Waals surface area contributed by atoms with Crippen molar-refractivity contribution in [3.63, 3.8) is 0 Å². The third-order valence-corrected chi connectivity index (χ3v) is 2.40. The van der Waals surface area contributed by atoms with Crippen LogP contribution in [0.4, 0.5) is 5.82 Å². The summed E-state index contributed by atoms with van der Waals surface area (Å²) in [6.07, 6.45) is 3.65. The van der Waals surface area contributed by atoms with Crippen LogP contribution < -0.4 is 5.32 Å². The average Bonchev–Trinajstić information content (AvgIpc) is 2.30. The normalized spacial score (nSPS) is 10.1. The number of aryl methyl sites for hydroxylation is 1. The average molecular weight is 213 g/mol. The summed E-state index contributed by atoms with van der Waals surface area (Å²) in [5, 5.41) is 3.21. The van der Waals surface area contributed by atoms with Gasteiger partial charge in [-0.15, -0.1) is 0 Å². The summed E-state index contributed by atoms with van der Waals surface area (Å²) >= 11 is 0. The van der Waals surface area contributed by atoms with Crippen molar-refractivity contribution in [1.29, 1.82) is 0 Å². The first-order chi connectivity index (χ1) is 7.81. The van der Waals surface area contributed by atoms with Gasteiger partial charge in [-0.1, -0.05) is 6.07 Å². The second kappa shape index (κ2) is 4.75. The fourth-order valence-electron chi connectivity index (χ4n) is 1.63. The van der Waals surface area contributed by atoms with E-state index in [9.17, 15) is 0 Å². The van der Waals surface area contributed by atoms with Crippen LogP contribution in [0.2, 0.25) is 0 Å². The van der Waals surface area contributed by atoms with E-state index in [-0.39, 0.29) is 0 Å². The third-order valence-electron chi connectivity index (χ3n) is 2.40. The SMILES string of the molecule is CCNc1cccc(-c2ccncc2C)n1. The molecule has 2 heterocycles. The number of rotatable bonds is 3. The summed E-state index contributed by atoms with van der Waals surface area (Å²) < 4.78 is 0. The van der Waals surface area contributed by atoms with Crippen molar-refractivity contribution in [1.82, 2.24) is 9.97 Å². The second-order valence-corrected chi connectivity index (χ2v) is 3.63. The summed E-state index contributed by atoms with van der Waals surface area (Å²) in [6, 6.07) is 8.00. The Morgan fingerprint density at radius 2 is 2.12 bits per heavy atom. The third kappa shape index (κ3) is 2.19. The highest BCUT2D eigenvalue weighted by Crippen LogP contribution is 2.21. The molecule has 2 aromatic heterocycles. The highest BCUT2D eigenvalue weighted by molar-refractivity contribution is 5.64. The molecule has 0 aliphatic rings. The Hall–Kier alpha value is -1.90. The van der Waals surface area contributed by atoms with E-state index in [1.54, 1.807) is 6.20 Å². The maximum atomic E-state index is 4.55. The van der Waals surface area contributed by atoms with Gasteiger partial charge in [0.2, 0.25) is 0 Å². The summed E-state index contributed by atoms with van der Waals surface area (Å²) in [6.45, 7) is 4.99. The van der Waals surface area contributed by atoms with Crippen LogP contribution in [0.1, 0.15) is 12.5 Å². The summed E-state index contributed by atoms with van der Waals surface area (Å²) in [5.41, 5.74) is 3.26. The smallest absolute Gasteiger partial charge is 0.126 e. The molecule has 0 spiro atoms. The number of hydrogen-bond acceptors (Lipinski definition) is 3. The minimum absolute atomic E-state index is 0.881. The van der Waals surface area contributed by atoms with Gasteiger partial charge in [0.05, 0.1) is 5.69 Å². The van der Waals surface area contributed by atoms with Gasteiger partial charge in [-0.25, -0.2) is 4.98 Å². The summed E-state index contributed by atoms with van der Waals surface area (Å²) in [7, 11) is 0. The summed E-state index contributed by atoms with van der Waals surface area (Å²) in [4.78, 5) is 8.64. The Morgan fingerprint density at radius 1 is 1.25 bits per heavy atom. The predicted octanol–water partition coefficient (Wildman–Crippen LogP) is 2.88. The zero-order valence-corrected chi connectivity index (χ0v) is 9.57. The van der Waals surface area contributed by atoms with Crippen LogP contribution in [0.25, 0.3) is 11.3 Å². The molecule has 0 aromatic carbocycles. The van der Waals surface area contributed by atoms with Crippen LogP contribution in [0.15, 0.2) is 36.7 Å². The van der Waals surface area contributed by atoms with Gasteiger partial charge in [0.25, 0.3) is 0 Å². The van der Waals surface area contributed by atoms with Crippen LogP contribution in [-0.4, -0.2) is 16.5 Å². The van der Waals surface area contributed by atoms with Gasteiger partial charge in [0.15, 0.2) is 0 Å². The molecule has 16 heavy (non-hydrogen) atoms. The second-order valence-electron chi connectivity index (χ2n) is 3.63. The zero-order valence-electron chi connectivity index (χ0n) is 9.57. The number of nitrogens with zero attached hydrogens (tertiary/aromatic N) is 2. The topological polar surface area (TPSA) is 37.8 Å². The predicted molar refractivity (Wildman–Crippen MR) is 66.4 cm³/mol. The molecule has 2 rings (SSSR count). The highest BCUT2D eigenvalue weighted by Gasteiger charge is 2.03. The summed E-state index contributed by atoms with van der Waals surface area (Å²) in [5.74, 6) is 0.913. The Labute approximate surface area is 95.6 Å². The molecule has 2 aromatic rings. The van der Waals surface area contributed by atoms with E-state index in [4.69, 9.17) is 0 Å². The lowest BCUT2D eigenvalue weighted by Crippen LogP contribution is -1.99. The monoisotopic (exact) mass is 213 g/mol. The molecule has 3 heteroatoms. The molecule has 82 valence electrons. The van der Waals surface area contributed by atoms with Gasteiger partial charge in [-0.05, 0) is 37.6 Å². The molecule has 0 aliphatic heterocycles. The Balaban J connectivity index is 2.40. The molecule has 3 nitrogen and oxygen atoms in total. The number of aromatic nitrogens is 2. The Kier molecular flexibility index (Phi) is 3.15. The molecule has 1 N–H and O–H groups in total. The van der Waals surface area contributed by atoms with E-state index >= 15 is 0 Å². The van der Waals surface area contributed by atoms with Crippen LogP contribution in [0, 0.1) is 6.92 Å². The molecule has 0 bridgehead atoms. The molecule has 0 amide bonds. The maximum Gasteiger partial charge on any atom is 0.126 e. The van der Waals surface area contributed by atoms with Gasteiger partial charge in [-0.2, -0.15) is 0 Å². The van der Waals surface area contributed by atoms with Crippen LogP contribution in [-0.2, 0) is 0 Å². The van der Waals surface area contributed by atoms with Crippen molar-refractivity contribution < 1.29 is 0 Å². The lowest BCUT2D eigenvalue weighted by Gasteiger charge is -2.07. The van der Waals surface area contributed by atoms with Gasteiger partial charge >= 0.3 is 0 Å². The molecule has 0 unspecified atom stereocenters. The van der Waals surface area contributed by atoms with E-state index in [0.717, 1.165) is 29.2 Å². The van der Waals surface area contributed by atoms with Gasteiger partial charge < -0.3 is 5.32 Å². The van der Waals surface area contributed by atoms with E-state index in [1.165, 1.54) is 0 Å². The van der Waals surface area contributed by atoms with E-state index in [0.29, 0.717) is 0 Å². The van der Waals surface area contributed by atoms with Crippen LogP contribution in [0.3, 0.4) is 0 Å². The van der Waals surface area contributed by atoms with Crippen molar-refractivity contribution in [3.05, 3.63) is 42.2 Å². The number of nitrogens with one attached hydrogen (secondary N) is 1. The molecule has 0 fully saturated rings. The molecule has 0 saturated heterocycles. The number of anilines is 1. The van der Waals surface area contributed by atoms with E-state index in [2.05, 4.69) is 22.2 Å². The maximum absolute atomic E-state index is 4.55. The van der Waals surface area contributed by atoms with Crippen molar-refractivity contribution >= 4 is 5.82 Å². The molecule has 0 radical (unpaired) electrons. The van der Waals surface area contributed by atoms with Crippen molar-refractivity contribution in [3.8, 4) is 11.3 Å². The minimum atomic E-state index is 0.881. The molecule has 0 atom stereocenters. The first kappa shape index (κ1) is 10.6. The largest absolute Gasteiger partial charge is 0.370 e. The van der Waals surface area contributed by atoms with Gasteiger partial charge in [-0.3, -0.25) is 4.98 Å². The van der Waals surface area contributed by atoms with E-state index in [1.807, 2.05) is 37.4 Å².